The zero-order valence-corrected chi connectivity index (χ0v) is 21.8. The summed E-state index contributed by atoms with van der Waals surface area (Å²) in [5.74, 6) is -0.740. The van der Waals surface area contributed by atoms with Crippen LogP contribution in [0.3, 0.4) is 0 Å². The molecule has 4 atom stereocenters. The monoisotopic (exact) mass is 519 g/mol. The van der Waals surface area contributed by atoms with Gasteiger partial charge in [0.1, 0.15) is 22.6 Å². The highest BCUT2D eigenvalue weighted by atomic mass is 32.2. The molecule has 4 rings (SSSR count). The predicted molar refractivity (Wildman–Crippen MR) is 137 cm³/mol. The zero-order valence-electron chi connectivity index (χ0n) is 20.9. The molecular formula is C25H34FN5O4S. The van der Waals surface area contributed by atoms with Crippen molar-refractivity contribution in [1.29, 1.82) is 0 Å². The first-order valence-corrected chi connectivity index (χ1v) is 12.9. The number of alkyl carbamates (subject to hydrolysis) is 1. The summed E-state index contributed by atoms with van der Waals surface area (Å²) >= 11 is 1.56. The summed E-state index contributed by atoms with van der Waals surface area (Å²) in [6.07, 6.45) is 3.44. The minimum absolute atomic E-state index is 0.0317. The maximum absolute atomic E-state index is 15.4. The predicted octanol–water partition coefficient (Wildman–Crippen LogP) is 2.86. The van der Waals surface area contributed by atoms with E-state index in [9.17, 15) is 9.59 Å². The maximum Gasteiger partial charge on any atom is 0.409 e. The van der Waals surface area contributed by atoms with Gasteiger partial charge in [-0.05, 0) is 63.5 Å². The van der Waals surface area contributed by atoms with Crippen LogP contribution in [0.4, 0.5) is 14.9 Å². The van der Waals surface area contributed by atoms with Crippen LogP contribution in [0.1, 0.15) is 39.7 Å². The molecule has 0 bridgehead atoms. The van der Waals surface area contributed by atoms with Gasteiger partial charge in [0.05, 0.1) is 18.7 Å². The SMILES string of the molecule is C[C@H]1SC(NC(=O)OC(C)(C)C)NC2(c3cc(NC(=O)C4=CC=C(N)CN4)ccc3F)COCCC12. The quantitative estimate of drug-likeness (QED) is 0.411. The Bertz CT molecular complexity index is 1090. The third-order valence-electron chi connectivity index (χ3n) is 6.39. The van der Waals surface area contributed by atoms with Crippen LogP contribution in [-0.2, 0) is 19.8 Å². The van der Waals surface area contributed by atoms with Gasteiger partial charge in [-0.1, -0.05) is 6.92 Å². The van der Waals surface area contributed by atoms with Crippen LogP contribution in [0, 0.1) is 11.7 Å². The molecule has 3 aliphatic rings. The summed E-state index contributed by atoms with van der Waals surface area (Å²) in [4.78, 5) is 25.2. The first-order chi connectivity index (χ1) is 17.0. The summed E-state index contributed by atoms with van der Waals surface area (Å²) < 4.78 is 26.7. The Hall–Kier alpha value is -2.76. The summed E-state index contributed by atoms with van der Waals surface area (Å²) in [6, 6.07) is 4.51. The van der Waals surface area contributed by atoms with Crippen molar-refractivity contribution in [3.8, 4) is 0 Å². The number of halogens is 1. The van der Waals surface area contributed by atoms with E-state index < -0.39 is 28.5 Å². The van der Waals surface area contributed by atoms with E-state index in [0.717, 1.165) is 6.42 Å². The Labute approximate surface area is 214 Å². The topological polar surface area (TPSA) is 127 Å². The van der Waals surface area contributed by atoms with E-state index in [0.29, 0.717) is 35.8 Å². The van der Waals surface area contributed by atoms with E-state index in [2.05, 4.69) is 28.2 Å². The Morgan fingerprint density at radius 2 is 2.08 bits per heavy atom. The first-order valence-electron chi connectivity index (χ1n) is 12.0. The number of hydrogen-bond donors (Lipinski definition) is 5. The highest BCUT2D eigenvalue weighted by Gasteiger charge is 2.52. The van der Waals surface area contributed by atoms with Crippen LogP contribution in [0.25, 0.3) is 0 Å². The number of hydrogen-bond acceptors (Lipinski definition) is 8. The van der Waals surface area contributed by atoms with Crippen molar-refractivity contribution in [3.63, 3.8) is 0 Å². The van der Waals surface area contributed by atoms with Crippen LogP contribution in [-0.4, -0.2) is 48.1 Å². The van der Waals surface area contributed by atoms with E-state index in [-0.39, 0.29) is 23.7 Å². The van der Waals surface area contributed by atoms with E-state index in [1.807, 2.05) is 0 Å². The molecule has 0 aliphatic carbocycles. The number of fused-ring (bicyclic) bond motifs is 1. The molecule has 0 radical (unpaired) electrons. The molecule has 3 aliphatic heterocycles. The Morgan fingerprint density at radius 3 is 2.78 bits per heavy atom. The molecule has 2 saturated heterocycles. The van der Waals surface area contributed by atoms with Gasteiger partial charge in [-0.25, -0.2) is 9.18 Å². The highest BCUT2D eigenvalue weighted by molar-refractivity contribution is 8.00. The number of allylic oxidation sites excluding steroid dienone is 2. The Kier molecular flexibility index (Phi) is 7.53. The maximum atomic E-state index is 15.4. The van der Waals surface area contributed by atoms with Gasteiger partial charge in [0, 0.05) is 28.8 Å². The minimum Gasteiger partial charge on any atom is -0.444 e. The van der Waals surface area contributed by atoms with E-state index >= 15 is 4.39 Å². The summed E-state index contributed by atoms with van der Waals surface area (Å²) in [7, 11) is 0. The number of amides is 2. The van der Waals surface area contributed by atoms with Gasteiger partial charge in [0.15, 0.2) is 0 Å². The van der Waals surface area contributed by atoms with Gasteiger partial charge in [-0.3, -0.25) is 15.4 Å². The molecule has 0 aromatic heterocycles. The largest absolute Gasteiger partial charge is 0.444 e. The Balaban J connectivity index is 1.61. The van der Waals surface area contributed by atoms with Gasteiger partial charge in [0.2, 0.25) is 0 Å². The second kappa shape index (κ2) is 10.3. The smallest absolute Gasteiger partial charge is 0.409 e. The van der Waals surface area contributed by atoms with Gasteiger partial charge >= 0.3 is 6.09 Å². The lowest BCUT2D eigenvalue weighted by atomic mass is 9.73. The van der Waals surface area contributed by atoms with Crippen molar-refractivity contribution in [2.24, 2.45) is 11.7 Å². The number of dihydropyridines is 1. The van der Waals surface area contributed by atoms with E-state index in [1.54, 1.807) is 50.8 Å². The zero-order chi connectivity index (χ0) is 26.1. The number of ether oxygens (including phenoxy) is 2. The van der Waals surface area contributed by atoms with Gasteiger partial charge in [-0.2, -0.15) is 0 Å². The molecular weight excluding hydrogens is 485 g/mol. The van der Waals surface area contributed by atoms with Crippen LogP contribution in [0.15, 0.2) is 41.7 Å². The van der Waals surface area contributed by atoms with Crippen molar-refractivity contribution in [1.82, 2.24) is 16.0 Å². The van der Waals surface area contributed by atoms with Crippen LogP contribution >= 0.6 is 11.8 Å². The standard InChI is InChI=1S/C25H34FN5O4S/c1-14-17-9-10-34-13-25(17,31-22(36-14)30-23(33)35-24(2,3)4)18-11-16(6-7-19(18)26)29-21(32)20-8-5-15(27)12-28-20/h5-8,11,14,17,22,28,31H,9-10,12-13,27H2,1-4H3,(H,29,32)(H,30,33)/t14-,17?,22?,25?/m1/s1. The van der Waals surface area contributed by atoms with Crippen molar-refractivity contribution in [3.05, 3.63) is 53.1 Å². The first kappa shape index (κ1) is 26.3. The molecule has 1 aromatic carbocycles. The van der Waals surface area contributed by atoms with Crippen molar-refractivity contribution in [2.45, 2.75) is 56.0 Å². The lowest BCUT2D eigenvalue weighted by molar-refractivity contribution is -0.113. The van der Waals surface area contributed by atoms with Gasteiger partial charge in [-0.15, -0.1) is 11.8 Å². The lowest BCUT2D eigenvalue weighted by Gasteiger charge is -2.53. The molecule has 3 heterocycles. The third kappa shape index (κ3) is 5.79. The number of carbonyl (C=O) groups excluding carboxylic acids is 2. The third-order valence-corrected chi connectivity index (χ3v) is 7.65. The van der Waals surface area contributed by atoms with Crippen molar-refractivity contribution >= 4 is 29.4 Å². The van der Waals surface area contributed by atoms with Crippen LogP contribution < -0.4 is 27.0 Å². The number of thioether (sulfide) groups is 1. The number of anilines is 1. The molecule has 9 nitrogen and oxygen atoms in total. The minimum atomic E-state index is -0.910. The lowest BCUT2D eigenvalue weighted by Crippen LogP contribution is -2.66. The molecule has 1 aromatic rings. The average Bonchev–Trinajstić information content (AvgIpc) is 2.79. The number of carbonyl (C=O) groups is 2. The van der Waals surface area contributed by atoms with Crippen LogP contribution in [0.5, 0.6) is 0 Å². The molecule has 36 heavy (non-hydrogen) atoms. The van der Waals surface area contributed by atoms with Crippen LogP contribution in [0.2, 0.25) is 0 Å². The van der Waals surface area contributed by atoms with E-state index in [4.69, 9.17) is 15.2 Å². The summed E-state index contributed by atoms with van der Waals surface area (Å²) in [5, 5.41) is 12.2. The number of nitrogens with two attached hydrogens (primary N) is 1. The molecule has 3 unspecified atom stereocenters. The highest BCUT2D eigenvalue weighted by Crippen LogP contribution is 2.47. The molecule has 0 saturated carbocycles. The molecule has 2 amide bonds. The molecule has 6 N–H and O–H groups in total. The second-order valence-electron chi connectivity index (χ2n) is 10.3. The number of rotatable bonds is 4. The van der Waals surface area contributed by atoms with Gasteiger partial charge in [0.25, 0.3) is 5.91 Å². The number of nitrogens with one attached hydrogen (secondary N) is 4. The van der Waals surface area contributed by atoms with E-state index in [1.165, 1.54) is 12.1 Å². The fraction of sp³-hybridized carbons (Fsp3) is 0.520. The van der Waals surface area contributed by atoms with Crippen molar-refractivity contribution < 1.29 is 23.5 Å². The number of benzene rings is 1. The average molecular weight is 520 g/mol. The summed E-state index contributed by atoms with van der Waals surface area (Å²) in [6.45, 7) is 8.62. The second-order valence-corrected chi connectivity index (χ2v) is 11.7. The summed E-state index contributed by atoms with van der Waals surface area (Å²) in [5.41, 5.74) is 5.48. The molecule has 0 spiro atoms. The van der Waals surface area contributed by atoms with Gasteiger partial charge < -0.3 is 25.8 Å². The molecule has 2 fully saturated rings. The molecule has 196 valence electrons. The fourth-order valence-corrected chi connectivity index (χ4v) is 6.23. The Morgan fingerprint density at radius 1 is 1.31 bits per heavy atom. The normalized spacial score (nSPS) is 28.1. The van der Waals surface area contributed by atoms with Crippen molar-refractivity contribution in [2.75, 3.05) is 25.1 Å². The fourth-order valence-electron chi connectivity index (χ4n) is 4.80. The molecule has 11 heteroatoms.